The zero-order valence-corrected chi connectivity index (χ0v) is 18.8. The van der Waals surface area contributed by atoms with Gasteiger partial charge in [0, 0.05) is 10.6 Å². The fourth-order valence-electron chi connectivity index (χ4n) is 2.58. The zero-order valence-electron chi connectivity index (χ0n) is 15.0. The second-order valence-corrected chi connectivity index (χ2v) is 8.63. The lowest BCUT2D eigenvalue weighted by Gasteiger charge is -2.11. The quantitative estimate of drug-likeness (QED) is 0.279. The highest BCUT2D eigenvalue weighted by molar-refractivity contribution is 7.11. The molecule has 0 aliphatic carbocycles. The van der Waals surface area contributed by atoms with Crippen LogP contribution in [0.2, 0.25) is 19.4 Å². The number of ether oxygens (including phenoxy) is 1. The maximum absolute atomic E-state index is 15.1. The van der Waals surface area contributed by atoms with E-state index in [-0.39, 0.29) is 61.6 Å². The van der Waals surface area contributed by atoms with Gasteiger partial charge >= 0.3 is 0 Å². The summed E-state index contributed by atoms with van der Waals surface area (Å²) in [7, 11) is 0. The van der Waals surface area contributed by atoms with E-state index < -0.39 is 5.82 Å². The normalized spacial score (nSPS) is 10.8. The van der Waals surface area contributed by atoms with E-state index in [1.54, 1.807) is 0 Å². The van der Waals surface area contributed by atoms with Crippen molar-refractivity contribution in [1.29, 1.82) is 5.26 Å². The van der Waals surface area contributed by atoms with Crippen LogP contribution in [0.3, 0.4) is 0 Å². The Morgan fingerprint density at radius 3 is 2.65 bits per heavy atom. The van der Waals surface area contributed by atoms with Crippen molar-refractivity contribution < 1.29 is 13.5 Å². The number of halogens is 5. The van der Waals surface area contributed by atoms with E-state index in [0.717, 1.165) is 11.5 Å². The molecule has 2 aromatic heterocycles. The minimum atomic E-state index is -0.722. The van der Waals surface area contributed by atoms with Gasteiger partial charge in [-0.1, -0.05) is 52.5 Å². The fourth-order valence-corrected chi connectivity index (χ4v) is 3.98. The van der Waals surface area contributed by atoms with Crippen LogP contribution in [0.5, 0.6) is 11.5 Å². The molecule has 0 spiro atoms. The summed E-state index contributed by atoms with van der Waals surface area (Å²) in [5.41, 5.74) is 0.708. The Balaban J connectivity index is 1.62. The first-order valence-electron chi connectivity index (χ1n) is 8.34. The first-order chi connectivity index (χ1) is 14.9. The monoisotopic (exact) mass is 514 g/mol. The first kappa shape index (κ1) is 21.8. The average Bonchev–Trinajstić information content (AvgIpc) is 3.33. The zero-order chi connectivity index (χ0) is 22.1. The molecule has 0 fully saturated rings. The Kier molecular flexibility index (Phi) is 6.32. The van der Waals surface area contributed by atoms with Gasteiger partial charge in [-0.25, -0.2) is 4.39 Å². The number of nitrogens with zero attached hydrogens (tertiary/aromatic N) is 4. The summed E-state index contributed by atoms with van der Waals surface area (Å²) < 4.78 is 30.6. The Hall–Kier alpha value is -2.41. The number of benzene rings is 2. The second-order valence-electron chi connectivity index (χ2n) is 6.04. The highest BCUT2D eigenvalue weighted by Crippen LogP contribution is 2.37. The summed E-state index contributed by atoms with van der Waals surface area (Å²) in [5.74, 6) is -0.592. The third-order valence-electron chi connectivity index (χ3n) is 3.96. The SMILES string of the molecule is N#Cc1cc(Cl)cc(Oc2c(Cl)ccc(Cc3nnc(-c4nsc(Cl)c4Cl)o3)c2F)c1. The van der Waals surface area contributed by atoms with Crippen LogP contribution in [0.1, 0.15) is 17.0 Å². The second kappa shape index (κ2) is 8.99. The van der Waals surface area contributed by atoms with Gasteiger partial charge in [0.05, 0.1) is 23.1 Å². The van der Waals surface area contributed by atoms with E-state index in [0.29, 0.717) is 4.34 Å². The van der Waals surface area contributed by atoms with Crippen molar-refractivity contribution in [3.8, 4) is 29.2 Å². The summed E-state index contributed by atoms with van der Waals surface area (Å²) in [6, 6.07) is 9.21. The molecule has 2 heterocycles. The van der Waals surface area contributed by atoms with E-state index in [9.17, 15) is 0 Å². The van der Waals surface area contributed by atoms with Crippen molar-refractivity contribution in [1.82, 2.24) is 14.6 Å². The van der Waals surface area contributed by atoms with Crippen LogP contribution in [0.15, 0.2) is 34.7 Å². The minimum Gasteiger partial charge on any atom is -0.453 e. The molecular formula is C19H7Cl4FN4O2S. The number of nitriles is 1. The number of aromatic nitrogens is 3. The number of rotatable bonds is 5. The molecule has 31 heavy (non-hydrogen) atoms. The summed E-state index contributed by atoms with van der Waals surface area (Å²) in [5, 5.41) is 17.4. The fraction of sp³-hybridized carbons (Fsp3) is 0.0526. The molecule has 0 saturated heterocycles. The smallest absolute Gasteiger partial charge is 0.269 e. The predicted molar refractivity (Wildman–Crippen MR) is 116 cm³/mol. The molecule has 0 aliphatic rings. The third-order valence-corrected chi connectivity index (χ3v) is 6.08. The van der Waals surface area contributed by atoms with Crippen molar-refractivity contribution in [3.63, 3.8) is 0 Å². The molecule has 0 N–H and O–H groups in total. The van der Waals surface area contributed by atoms with Crippen LogP contribution in [0, 0.1) is 17.1 Å². The molecule has 156 valence electrons. The van der Waals surface area contributed by atoms with E-state index in [4.69, 9.17) is 60.8 Å². The van der Waals surface area contributed by atoms with Crippen molar-refractivity contribution in [3.05, 3.63) is 72.6 Å². The van der Waals surface area contributed by atoms with Gasteiger partial charge in [-0.2, -0.15) is 9.64 Å². The summed E-state index contributed by atoms with van der Waals surface area (Å²) in [6.45, 7) is 0. The van der Waals surface area contributed by atoms with Gasteiger partial charge in [-0.05, 0) is 35.8 Å². The maximum atomic E-state index is 15.1. The molecule has 0 radical (unpaired) electrons. The molecule has 0 aliphatic heterocycles. The largest absolute Gasteiger partial charge is 0.453 e. The summed E-state index contributed by atoms with van der Waals surface area (Å²) in [6.07, 6.45) is -0.0408. The van der Waals surface area contributed by atoms with Crippen molar-refractivity contribution in [2.45, 2.75) is 6.42 Å². The average molecular weight is 516 g/mol. The van der Waals surface area contributed by atoms with Gasteiger partial charge in [0.2, 0.25) is 5.89 Å². The molecule has 6 nitrogen and oxygen atoms in total. The lowest BCUT2D eigenvalue weighted by Crippen LogP contribution is -1.98. The predicted octanol–water partition coefficient (Wildman–Crippen LogP) is 7.20. The van der Waals surface area contributed by atoms with Gasteiger partial charge in [0.15, 0.2) is 17.3 Å². The number of hydrogen-bond donors (Lipinski definition) is 0. The minimum absolute atomic E-state index is 0.0369. The van der Waals surface area contributed by atoms with Crippen LogP contribution in [-0.2, 0) is 6.42 Å². The van der Waals surface area contributed by atoms with Crippen LogP contribution in [0.25, 0.3) is 11.6 Å². The molecule has 0 unspecified atom stereocenters. The molecule has 0 amide bonds. The third kappa shape index (κ3) is 4.61. The lowest BCUT2D eigenvalue weighted by molar-refractivity contribution is 0.437. The van der Waals surface area contributed by atoms with Crippen molar-refractivity contribution in [2.75, 3.05) is 0 Å². The molecule has 0 bridgehead atoms. The van der Waals surface area contributed by atoms with E-state index >= 15 is 4.39 Å². The van der Waals surface area contributed by atoms with Crippen molar-refractivity contribution in [2.24, 2.45) is 0 Å². The highest BCUT2D eigenvalue weighted by Gasteiger charge is 2.21. The Bertz CT molecular complexity index is 1340. The first-order valence-corrected chi connectivity index (χ1v) is 10.6. The molecule has 12 heteroatoms. The van der Waals surface area contributed by atoms with Crippen LogP contribution in [0.4, 0.5) is 4.39 Å². The summed E-state index contributed by atoms with van der Waals surface area (Å²) in [4.78, 5) is 0. The molecular weight excluding hydrogens is 509 g/mol. The molecule has 4 aromatic rings. The van der Waals surface area contributed by atoms with Gasteiger partial charge < -0.3 is 9.15 Å². The highest BCUT2D eigenvalue weighted by atomic mass is 35.5. The van der Waals surface area contributed by atoms with E-state index in [1.165, 1.54) is 30.3 Å². The topological polar surface area (TPSA) is 84.8 Å². The van der Waals surface area contributed by atoms with Gasteiger partial charge in [0.25, 0.3) is 5.89 Å². The van der Waals surface area contributed by atoms with Crippen LogP contribution < -0.4 is 4.74 Å². The molecule has 0 saturated carbocycles. The van der Waals surface area contributed by atoms with Crippen molar-refractivity contribution >= 4 is 57.9 Å². The lowest BCUT2D eigenvalue weighted by atomic mass is 10.1. The molecule has 4 rings (SSSR count). The van der Waals surface area contributed by atoms with Gasteiger partial charge in [0.1, 0.15) is 15.1 Å². The molecule has 2 aromatic carbocycles. The van der Waals surface area contributed by atoms with Crippen LogP contribution in [-0.4, -0.2) is 14.6 Å². The van der Waals surface area contributed by atoms with Gasteiger partial charge in [-0.15, -0.1) is 10.2 Å². The van der Waals surface area contributed by atoms with E-state index in [1.807, 2.05) is 6.07 Å². The Morgan fingerprint density at radius 1 is 1.13 bits per heavy atom. The van der Waals surface area contributed by atoms with Gasteiger partial charge in [-0.3, -0.25) is 0 Å². The number of hydrogen-bond acceptors (Lipinski definition) is 7. The maximum Gasteiger partial charge on any atom is 0.269 e. The standard InChI is InChI=1S/C19H7Cl4FN4O2S/c20-10-3-8(7-25)4-11(6-10)29-17-12(21)2-1-9(15(17)24)5-13-26-27-19(30-13)16-14(22)18(23)31-28-16/h1-4,6H,5H2. The van der Waals surface area contributed by atoms with Crippen LogP contribution >= 0.6 is 57.9 Å². The summed E-state index contributed by atoms with van der Waals surface area (Å²) >= 11 is 25.0. The Morgan fingerprint density at radius 2 is 1.94 bits per heavy atom. The Labute approximate surface area is 198 Å². The molecule has 0 atom stereocenters. The van der Waals surface area contributed by atoms with E-state index in [2.05, 4.69) is 14.6 Å².